The lowest BCUT2D eigenvalue weighted by atomic mass is 9.44. The van der Waals surface area contributed by atoms with Gasteiger partial charge in [0.1, 0.15) is 11.9 Å². The Morgan fingerprint density at radius 1 is 1.03 bits per heavy atom. The molecule has 5 nitrogen and oxygen atoms in total. The van der Waals surface area contributed by atoms with Gasteiger partial charge < -0.3 is 9.47 Å². The minimum atomic E-state index is -0.291. The average Bonchev–Trinajstić information content (AvgIpc) is 3.06. The second-order valence-corrected chi connectivity index (χ2v) is 11.9. The van der Waals surface area contributed by atoms with E-state index in [-0.39, 0.29) is 34.3 Å². The van der Waals surface area contributed by atoms with E-state index in [9.17, 15) is 14.9 Å². The molecule has 5 aliphatic rings. The fraction of sp³-hybridized carbons (Fsp3) is 0.690. The van der Waals surface area contributed by atoms with Crippen LogP contribution < -0.4 is 0 Å². The molecule has 0 unspecified atom stereocenters. The van der Waals surface area contributed by atoms with Gasteiger partial charge in [-0.15, -0.1) is 0 Å². The predicted molar refractivity (Wildman–Crippen MR) is 128 cm³/mol. The number of hydrogen-bond acceptors (Lipinski definition) is 5. The smallest absolute Gasteiger partial charge is 0.307 e. The third-order valence-corrected chi connectivity index (χ3v) is 10.6. The van der Waals surface area contributed by atoms with Gasteiger partial charge in [0.25, 0.3) is 0 Å². The van der Waals surface area contributed by atoms with Crippen molar-refractivity contribution in [2.24, 2.45) is 34.0 Å². The van der Waals surface area contributed by atoms with Crippen LogP contribution in [0.5, 0.6) is 0 Å². The lowest BCUT2D eigenvalue weighted by Crippen LogP contribution is -2.53. The van der Waals surface area contributed by atoms with Gasteiger partial charge in [-0.25, -0.2) is 0 Å². The average molecular weight is 464 g/mol. The summed E-state index contributed by atoms with van der Waals surface area (Å²) in [6.07, 6.45) is 15.2. The third kappa shape index (κ3) is 3.32. The number of nitriles is 1. The molecule has 5 aliphatic carbocycles. The number of esters is 2. The van der Waals surface area contributed by atoms with E-state index in [1.807, 2.05) is 12.2 Å². The molecule has 5 heteroatoms. The van der Waals surface area contributed by atoms with Gasteiger partial charge >= 0.3 is 11.9 Å². The standard InChI is InChI=1S/C29H37NO4/c1-18(31)33-22-9-12-27(3)20(15-22)6-8-24-25(27)10-13-28(4)26(24)11-14-29(28)16-23(34-19(2)32)7-5-21(29)17-30/h5-7,22,24-26H,8-16H2,1-4H3/t22-,24+,25-,26-,27-,28-,29-/m0/s1. The van der Waals surface area contributed by atoms with Crippen molar-refractivity contribution >= 4 is 11.9 Å². The van der Waals surface area contributed by atoms with E-state index in [0.717, 1.165) is 56.9 Å². The highest BCUT2D eigenvalue weighted by Gasteiger charge is 2.65. The molecule has 3 fully saturated rings. The minimum absolute atomic E-state index is 0.0199. The summed E-state index contributed by atoms with van der Waals surface area (Å²) in [5.74, 6) is 2.04. The highest BCUT2D eigenvalue weighted by molar-refractivity contribution is 5.67. The number of carbonyl (C=O) groups is 2. The first kappa shape index (κ1) is 23.4. The highest BCUT2D eigenvalue weighted by atomic mass is 16.5. The van der Waals surface area contributed by atoms with Crippen LogP contribution >= 0.6 is 0 Å². The van der Waals surface area contributed by atoms with Crippen LogP contribution in [0.2, 0.25) is 0 Å². The molecule has 0 aromatic heterocycles. The number of fused-ring (bicyclic) bond motifs is 6. The predicted octanol–water partition coefficient (Wildman–Crippen LogP) is 6.17. The maximum atomic E-state index is 11.7. The molecule has 0 N–H and O–H groups in total. The van der Waals surface area contributed by atoms with Crippen LogP contribution in [0.25, 0.3) is 0 Å². The summed E-state index contributed by atoms with van der Waals surface area (Å²) in [6, 6.07) is 2.54. The Kier molecular flexibility index (Phi) is 5.58. The molecule has 0 aromatic rings. The SMILES string of the molecule is CC(=O)OC1=CC=C(C#N)[C@]2(CC[C@H]3[C@@H]4CC=C5C[C@@H](OC(C)=O)CC[C@]5(C)[C@H]4CC[C@@]32C)C1. The Balaban J connectivity index is 1.44. The van der Waals surface area contributed by atoms with Gasteiger partial charge in [-0.3, -0.25) is 9.59 Å². The van der Waals surface area contributed by atoms with Gasteiger partial charge in [-0.05, 0) is 85.7 Å². The van der Waals surface area contributed by atoms with Gasteiger partial charge in [0.2, 0.25) is 0 Å². The number of nitrogens with zero attached hydrogens (tertiary/aromatic N) is 1. The van der Waals surface area contributed by atoms with Crippen molar-refractivity contribution in [3.63, 3.8) is 0 Å². The Bertz CT molecular complexity index is 1050. The Morgan fingerprint density at radius 2 is 1.79 bits per heavy atom. The van der Waals surface area contributed by atoms with Crippen LogP contribution in [-0.2, 0) is 19.1 Å². The third-order valence-electron chi connectivity index (χ3n) is 10.6. The van der Waals surface area contributed by atoms with Crippen molar-refractivity contribution in [1.29, 1.82) is 5.26 Å². The maximum Gasteiger partial charge on any atom is 0.307 e. The summed E-state index contributed by atoms with van der Waals surface area (Å²) in [5.41, 5.74) is 2.32. The Labute approximate surface area is 203 Å². The number of carbonyl (C=O) groups excluding carboxylic acids is 2. The van der Waals surface area contributed by atoms with Crippen molar-refractivity contribution in [1.82, 2.24) is 0 Å². The zero-order chi connectivity index (χ0) is 24.3. The first-order chi connectivity index (χ1) is 16.1. The molecule has 0 bridgehead atoms. The zero-order valence-corrected chi connectivity index (χ0v) is 21.0. The summed E-state index contributed by atoms with van der Waals surface area (Å²) < 4.78 is 11.1. The van der Waals surface area contributed by atoms with Crippen molar-refractivity contribution in [2.45, 2.75) is 91.6 Å². The molecule has 0 saturated heterocycles. The molecule has 0 heterocycles. The van der Waals surface area contributed by atoms with E-state index in [0.29, 0.717) is 29.9 Å². The number of rotatable bonds is 2. The molecule has 3 saturated carbocycles. The molecule has 7 atom stereocenters. The monoisotopic (exact) mass is 463 g/mol. The highest BCUT2D eigenvalue weighted by Crippen LogP contribution is 2.72. The first-order valence-electron chi connectivity index (χ1n) is 13.0. The molecular formula is C29H37NO4. The van der Waals surface area contributed by atoms with Crippen LogP contribution in [0.1, 0.15) is 85.5 Å². The van der Waals surface area contributed by atoms with E-state index >= 15 is 0 Å². The summed E-state index contributed by atoms with van der Waals surface area (Å²) >= 11 is 0. The van der Waals surface area contributed by atoms with E-state index < -0.39 is 0 Å². The van der Waals surface area contributed by atoms with Crippen LogP contribution in [-0.4, -0.2) is 18.0 Å². The quantitative estimate of drug-likeness (QED) is 0.362. The minimum Gasteiger partial charge on any atom is -0.462 e. The van der Waals surface area contributed by atoms with Gasteiger partial charge in [0.15, 0.2) is 0 Å². The van der Waals surface area contributed by atoms with Gasteiger partial charge in [0.05, 0.1) is 6.07 Å². The topological polar surface area (TPSA) is 76.4 Å². The van der Waals surface area contributed by atoms with Gasteiger partial charge in [-0.1, -0.05) is 25.5 Å². The van der Waals surface area contributed by atoms with E-state index in [1.165, 1.54) is 19.4 Å². The van der Waals surface area contributed by atoms with Crippen LogP contribution in [0.15, 0.2) is 35.1 Å². The number of allylic oxidation sites excluding steroid dienone is 5. The number of ether oxygens (including phenoxy) is 2. The number of hydrogen-bond donors (Lipinski definition) is 0. The Hall–Kier alpha value is -2.35. The summed E-state index contributed by atoms with van der Waals surface area (Å²) in [6.45, 7) is 7.83. The van der Waals surface area contributed by atoms with E-state index in [1.54, 1.807) is 0 Å². The maximum absolute atomic E-state index is 11.7. The molecule has 0 aromatic carbocycles. The van der Waals surface area contributed by atoms with Crippen molar-refractivity contribution < 1.29 is 19.1 Å². The molecule has 5 rings (SSSR count). The van der Waals surface area contributed by atoms with Gasteiger partial charge in [-0.2, -0.15) is 5.26 Å². The normalized spacial score (nSPS) is 42.7. The fourth-order valence-corrected chi connectivity index (χ4v) is 9.02. The van der Waals surface area contributed by atoms with Crippen molar-refractivity contribution in [3.05, 3.63) is 35.1 Å². The second kappa shape index (κ2) is 8.11. The molecule has 34 heavy (non-hydrogen) atoms. The molecule has 0 radical (unpaired) electrons. The molecule has 0 amide bonds. The van der Waals surface area contributed by atoms with Crippen LogP contribution in [0.4, 0.5) is 0 Å². The Morgan fingerprint density at radius 3 is 2.50 bits per heavy atom. The van der Waals surface area contributed by atoms with E-state index in [2.05, 4.69) is 26.0 Å². The molecular weight excluding hydrogens is 426 g/mol. The summed E-state index contributed by atoms with van der Waals surface area (Å²) in [7, 11) is 0. The largest absolute Gasteiger partial charge is 0.462 e. The van der Waals surface area contributed by atoms with Crippen LogP contribution in [0, 0.1) is 45.3 Å². The lowest BCUT2D eigenvalue weighted by molar-refractivity contribution is -0.148. The fourth-order valence-electron chi connectivity index (χ4n) is 9.02. The van der Waals surface area contributed by atoms with Crippen molar-refractivity contribution in [3.8, 4) is 6.07 Å². The molecule has 1 spiro atoms. The molecule has 182 valence electrons. The summed E-state index contributed by atoms with van der Waals surface area (Å²) in [4.78, 5) is 23.2. The second-order valence-electron chi connectivity index (χ2n) is 11.9. The molecule has 0 aliphatic heterocycles. The van der Waals surface area contributed by atoms with Gasteiger partial charge in [0, 0.05) is 37.7 Å². The first-order valence-corrected chi connectivity index (χ1v) is 13.0. The zero-order valence-electron chi connectivity index (χ0n) is 21.0. The van der Waals surface area contributed by atoms with E-state index in [4.69, 9.17) is 9.47 Å². The van der Waals surface area contributed by atoms with Crippen molar-refractivity contribution in [2.75, 3.05) is 0 Å². The summed E-state index contributed by atoms with van der Waals surface area (Å²) in [5, 5.41) is 10.1. The van der Waals surface area contributed by atoms with Crippen LogP contribution in [0.3, 0.4) is 0 Å². The lowest BCUT2D eigenvalue weighted by Gasteiger charge is -2.60.